The molecule has 27 heavy (non-hydrogen) atoms. The van der Waals surface area contributed by atoms with Gasteiger partial charge in [0.15, 0.2) is 0 Å². The Kier molecular flexibility index (Phi) is 4.11. The number of carbonyl (C=O) groups excluding carboxylic acids is 1. The third-order valence-electron chi connectivity index (χ3n) is 4.45. The molecule has 0 spiro atoms. The third-order valence-corrected chi connectivity index (χ3v) is 4.45. The monoisotopic (exact) mass is 367 g/mol. The summed E-state index contributed by atoms with van der Waals surface area (Å²) in [6.07, 6.45) is 1.43. The van der Waals surface area contributed by atoms with Crippen molar-refractivity contribution >= 4 is 28.8 Å². The smallest absolute Gasteiger partial charge is 0.414 e. The van der Waals surface area contributed by atoms with Crippen molar-refractivity contribution in [2.75, 3.05) is 23.4 Å². The molecule has 1 aromatic carbocycles. The first-order valence-electron chi connectivity index (χ1n) is 8.43. The molecular formula is C18H17N5O4. The fraction of sp³-hybridized carbons (Fsp3) is 0.222. The van der Waals surface area contributed by atoms with Crippen molar-refractivity contribution < 1.29 is 14.5 Å². The van der Waals surface area contributed by atoms with Gasteiger partial charge in [0.2, 0.25) is 0 Å². The third kappa shape index (κ3) is 3.14. The first kappa shape index (κ1) is 16.8. The highest BCUT2D eigenvalue weighted by molar-refractivity contribution is 5.94. The van der Waals surface area contributed by atoms with Crippen molar-refractivity contribution in [3.05, 3.63) is 64.1 Å². The lowest BCUT2D eigenvalue weighted by Crippen LogP contribution is -2.24. The van der Waals surface area contributed by atoms with Crippen LogP contribution in [0.5, 0.6) is 0 Å². The number of amides is 1. The van der Waals surface area contributed by atoms with Gasteiger partial charge in [0.25, 0.3) is 5.69 Å². The number of anilines is 2. The fourth-order valence-electron chi connectivity index (χ4n) is 3.09. The number of rotatable bonds is 5. The second-order valence-corrected chi connectivity index (χ2v) is 6.21. The number of carbonyl (C=O) groups is 1. The van der Waals surface area contributed by atoms with Gasteiger partial charge in [-0.3, -0.25) is 15.0 Å². The molecule has 0 radical (unpaired) electrons. The van der Waals surface area contributed by atoms with Gasteiger partial charge in [0.1, 0.15) is 12.3 Å². The second kappa shape index (κ2) is 6.60. The summed E-state index contributed by atoms with van der Waals surface area (Å²) in [4.78, 5) is 28.5. The van der Waals surface area contributed by atoms with Crippen LogP contribution in [0.1, 0.15) is 11.4 Å². The van der Waals surface area contributed by atoms with E-state index in [-0.39, 0.29) is 12.3 Å². The van der Waals surface area contributed by atoms with Crippen molar-refractivity contribution in [2.24, 2.45) is 0 Å². The van der Waals surface area contributed by atoms with Gasteiger partial charge < -0.3 is 14.5 Å². The quantitative estimate of drug-likeness (QED) is 0.549. The predicted molar refractivity (Wildman–Crippen MR) is 99.0 cm³/mol. The van der Waals surface area contributed by atoms with E-state index in [0.717, 1.165) is 17.0 Å². The number of imidazole rings is 1. The number of hydrogen-bond donors (Lipinski definition) is 1. The number of aryl methyl sites for hydroxylation is 1. The van der Waals surface area contributed by atoms with Crippen LogP contribution < -0.4 is 10.2 Å². The van der Waals surface area contributed by atoms with Crippen LogP contribution in [0.3, 0.4) is 0 Å². The van der Waals surface area contributed by atoms with Crippen molar-refractivity contribution in [2.45, 2.75) is 13.5 Å². The minimum atomic E-state index is -0.512. The number of fused-ring (bicyclic) bond motifs is 1. The Balaban J connectivity index is 1.63. The van der Waals surface area contributed by atoms with Crippen molar-refractivity contribution in [1.82, 2.24) is 9.38 Å². The molecule has 138 valence electrons. The van der Waals surface area contributed by atoms with Crippen LogP contribution >= 0.6 is 0 Å². The molecule has 1 fully saturated rings. The first-order chi connectivity index (χ1) is 13.0. The van der Waals surface area contributed by atoms with E-state index in [9.17, 15) is 14.9 Å². The Morgan fingerprint density at radius 1 is 1.33 bits per heavy atom. The highest BCUT2D eigenvalue weighted by Gasteiger charge is 2.27. The van der Waals surface area contributed by atoms with Crippen LogP contribution in [0.4, 0.5) is 21.9 Å². The largest absolute Gasteiger partial charge is 0.447 e. The van der Waals surface area contributed by atoms with E-state index in [4.69, 9.17) is 4.74 Å². The molecular weight excluding hydrogens is 350 g/mol. The lowest BCUT2D eigenvalue weighted by atomic mass is 10.2. The first-order valence-corrected chi connectivity index (χ1v) is 8.43. The maximum absolute atomic E-state index is 11.9. The van der Waals surface area contributed by atoms with Gasteiger partial charge in [-0.05, 0) is 25.1 Å². The van der Waals surface area contributed by atoms with E-state index in [2.05, 4.69) is 10.3 Å². The lowest BCUT2D eigenvalue weighted by Gasteiger charge is -2.18. The van der Waals surface area contributed by atoms with Gasteiger partial charge in [-0.25, -0.2) is 9.78 Å². The van der Waals surface area contributed by atoms with Gasteiger partial charge in [-0.1, -0.05) is 6.07 Å². The summed E-state index contributed by atoms with van der Waals surface area (Å²) in [5.74, 6) is 0. The summed E-state index contributed by atoms with van der Waals surface area (Å²) >= 11 is 0. The van der Waals surface area contributed by atoms with Crippen molar-refractivity contribution in [3.63, 3.8) is 0 Å². The van der Waals surface area contributed by atoms with Crippen molar-refractivity contribution in [1.29, 1.82) is 0 Å². The Labute approximate surface area is 154 Å². The molecule has 9 heteroatoms. The zero-order valence-corrected chi connectivity index (χ0v) is 14.6. The van der Waals surface area contributed by atoms with Crippen LogP contribution in [0.2, 0.25) is 0 Å². The number of ether oxygens (including phenoxy) is 1. The Morgan fingerprint density at radius 2 is 2.19 bits per heavy atom. The SMILES string of the molecule is Cc1cccc2nc(CNc3ccc([N+](=O)[O-])cc3N3CCOC3=O)cn12. The number of nitrogens with zero attached hydrogens (tertiary/aromatic N) is 4. The van der Waals surface area contributed by atoms with Gasteiger partial charge in [0.05, 0.1) is 35.1 Å². The van der Waals surface area contributed by atoms with Crippen LogP contribution in [-0.4, -0.2) is 33.6 Å². The van der Waals surface area contributed by atoms with Gasteiger partial charge in [-0.2, -0.15) is 0 Å². The second-order valence-electron chi connectivity index (χ2n) is 6.21. The number of aromatic nitrogens is 2. The molecule has 0 bridgehead atoms. The van der Waals surface area contributed by atoms with Crippen LogP contribution in [0.15, 0.2) is 42.6 Å². The molecule has 4 rings (SSSR count). The van der Waals surface area contributed by atoms with Gasteiger partial charge in [-0.15, -0.1) is 0 Å². The summed E-state index contributed by atoms with van der Waals surface area (Å²) in [7, 11) is 0. The predicted octanol–water partition coefficient (Wildman–Crippen LogP) is 3.12. The number of nitro groups is 1. The zero-order valence-electron chi connectivity index (χ0n) is 14.6. The number of non-ortho nitro benzene ring substituents is 1. The Hall–Kier alpha value is -3.62. The van der Waals surface area contributed by atoms with Gasteiger partial charge >= 0.3 is 6.09 Å². The summed E-state index contributed by atoms with van der Waals surface area (Å²) < 4.78 is 6.96. The van der Waals surface area contributed by atoms with Crippen LogP contribution in [0, 0.1) is 17.0 Å². The molecule has 1 N–H and O–H groups in total. The molecule has 1 amide bonds. The van der Waals surface area contributed by atoms with E-state index in [1.807, 2.05) is 35.7 Å². The lowest BCUT2D eigenvalue weighted by molar-refractivity contribution is -0.384. The minimum Gasteiger partial charge on any atom is -0.447 e. The zero-order chi connectivity index (χ0) is 19.0. The molecule has 0 atom stereocenters. The molecule has 9 nitrogen and oxygen atoms in total. The summed E-state index contributed by atoms with van der Waals surface area (Å²) in [5.41, 5.74) is 3.68. The molecule has 1 aliphatic heterocycles. The van der Waals surface area contributed by atoms with Crippen LogP contribution in [0.25, 0.3) is 5.65 Å². The summed E-state index contributed by atoms with van der Waals surface area (Å²) in [6.45, 7) is 3.02. The highest BCUT2D eigenvalue weighted by Crippen LogP contribution is 2.32. The molecule has 1 aliphatic rings. The molecule has 0 unspecified atom stereocenters. The summed E-state index contributed by atoms with van der Waals surface area (Å²) in [5, 5.41) is 14.3. The normalized spacial score (nSPS) is 13.8. The number of hydrogen-bond acceptors (Lipinski definition) is 6. The number of nitro benzene ring substituents is 1. The molecule has 1 saturated heterocycles. The van der Waals surface area contributed by atoms with Gasteiger partial charge in [0, 0.05) is 24.0 Å². The highest BCUT2D eigenvalue weighted by atomic mass is 16.6. The van der Waals surface area contributed by atoms with E-state index >= 15 is 0 Å². The average Bonchev–Trinajstić information content (AvgIpc) is 3.26. The Bertz CT molecular complexity index is 1050. The maximum Gasteiger partial charge on any atom is 0.414 e. The number of pyridine rings is 1. The topological polar surface area (TPSA) is 102 Å². The van der Waals surface area contributed by atoms with Crippen molar-refractivity contribution in [3.8, 4) is 0 Å². The molecule has 0 saturated carbocycles. The number of cyclic esters (lactones) is 1. The molecule has 0 aliphatic carbocycles. The van der Waals surface area contributed by atoms with E-state index in [0.29, 0.717) is 24.5 Å². The van der Waals surface area contributed by atoms with E-state index in [1.165, 1.54) is 17.0 Å². The molecule has 2 aromatic heterocycles. The molecule has 3 aromatic rings. The van der Waals surface area contributed by atoms with E-state index in [1.54, 1.807) is 6.07 Å². The Morgan fingerprint density at radius 3 is 2.89 bits per heavy atom. The number of nitrogens with one attached hydrogen (secondary N) is 1. The fourth-order valence-corrected chi connectivity index (χ4v) is 3.09. The maximum atomic E-state index is 11.9. The van der Waals surface area contributed by atoms with E-state index < -0.39 is 11.0 Å². The van der Waals surface area contributed by atoms with Crippen LogP contribution in [-0.2, 0) is 11.3 Å². The summed E-state index contributed by atoms with van der Waals surface area (Å²) in [6, 6.07) is 10.2. The molecule has 3 heterocycles. The number of benzene rings is 1. The standard InChI is InChI=1S/C18H17N5O4/c1-12-3-2-4-17-20-13(11-22(12)17)10-19-15-6-5-14(23(25)26)9-16(15)21-7-8-27-18(21)24/h2-6,9,11,19H,7-8,10H2,1H3. The average molecular weight is 367 g/mol. The minimum absolute atomic E-state index is 0.0846.